The van der Waals surface area contributed by atoms with E-state index in [9.17, 15) is 18.3 Å². The summed E-state index contributed by atoms with van der Waals surface area (Å²) < 4.78 is 23.8. The van der Waals surface area contributed by atoms with E-state index >= 15 is 0 Å². The van der Waals surface area contributed by atoms with E-state index in [1.54, 1.807) is 30.9 Å². The molecule has 26 heavy (non-hydrogen) atoms. The van der Waals surface area contributed by atoms with Gasteiger partial charge in [-0.2, -0.15) is 0 Å². The van der Waals surface area contributed by atoms with E-state index in [-0.39, 0.29) is 22.9 Å². The number of hydrogen-bond donors (Lipinski definition) is 1. The Labute approximate surface area is 151 Å². The second kappa shape index (κ2) is 5.26. The Hall–Kier alpha value is -2.48. The van der Waals surface area contributed by atoms with Crippen molar-refractivity contribution in [3.8, 4) is 5.75 Å². The Morgan fingerprint density at radius 1 is 1.31 bits per heavy atom. The molecule has 4 rings (SSSR count). The van der Waals surface area contributed by atoms with Crippen LogP contribution in [0, 0.1) is 0 Å². The summed E-state index contributed by atoms with van der Waals surface area (Å²) in [6.45, 7) is 3.58. The molecule has 1 aliphatic carbocycles. The third-order valence-electron chi connectivity index (χ3n) is 5.26. The number of fused-ring (bicyclic) bond motifs is 2. The zero-order valence-corrected chi connectivity index (χ0v) is 15.5. The van der Waals surface area contributed by atoms with Gasteiger partial charge in [-0.3, -0.25) is 9.69 Å². The molecule has 0 spiro atoms. The van der Waals surface area contributed by atoms with E-state index in [1.807, 2.05) is 6.07 Å². The summed E-state index contributed by atoms with van der Waals surface area (Å²) in [6, 6.07) is 4.99. The number of aromatic hydroxyl groups is 1. The van der Waals surface area contributed by atoms with Crippen LogP contribution in [0.15, 0.2) is 29.6 Å². The van der Waals surface area contributed by atoms with Gasteiger partial charge < -0.3 is 5.11 Å². The van der Waals surface area contributed by atoms with E-state index < -0.39 is 15.3 Å². The summed E-state index contributed by atoms with van der Waals surface area (Å²) in [4.78, 5) is 22.9. The number of nitrogens with zero attached hydrogens (tertiary/aromatic N) is 3. The molecule has 1 amide bonds. The molecular formula is C18H19N3O4S. The van der Waals surface area contributed by atoms with Crippen LogP contribution >= 0.6 is 0 Å². The number of phenols is 1. The predicted octanol–water partition coefficient (Wildman–Crippen LogP) is 1.90. The van der Waals surface area contributed by atoms with Crippen LogP contribution in [-0.4, -0.2) is 35.7 Å². The van der Waals surface area contributed by atoms with E-state index in [1.165, 1.54) is 6.20 Å². The number of sulfone groups is 1. The predicted molar refractivity (Wildman–Crippen MR) is 94.8 cm³/mol. The number of hydrogen-bond acceptors (Lipinski definition) is 6. The molecule has 1 aliphatic heterocycles. The quantitative estimate of drug-likeness (QED) is 0.807. The van der Waals surface area contributed by atoms with Gasteiger partial charge in [0.05, 0.1) is 11.5 Å². The molecule has 7 nitrogen and oxygen atoms in total. The van der Waals surface area contributed by atoms with Crippen molar-refractivity contribution >= 4 is 21.6 Å². The van der Waals surface area contributed by atoms with Crippen molar-refractivity contribution in [1.29, 1.82) is 0 Å². The second-order valence-corrected chi connectivity index (χ2v) is 9.27. The highest BCUT2D eigenvalue weighted by molar-refractivity contribution is 7.90. The Morgan fingerprint density at radius 3 is 2.73 bits per heavy atom. The van der Waals surface area contributed by atoms with Gasteiger partial charge in [0.15, 0.2) is 0 Å². The van der Waals surface area contributed by atoms with Crippen LogP contribution in [0.5, 0.6) is 5.75 Å². The molecule has 1 unspecified atom stereocenters. The minimum Gasteiger partial charge on any atom is -0.508 e. The first kappa shape index (κ1) is 17.0. The molecule has 8 heteroatoms. The van der Waals surface area contributed by atoms with Crippen LogP contribution < -0.4 is 4.90 Å². The summed E-state index contributed by atoms with van der Waals surface area (Å²) in [6.07, 6.45) is 3.78. The molecule has 136 valence electrons. The number of rotatable bonds is 2. The van der Waals surface area contributed by atoms with Crippen LogP contribution in [0.25, 0.3) is 0 Å². The number of phenolic OH excluding ortho intramolecular Hbond substituents is 1. The third kappa shape index (κ3) is 2.25. The summed E-state index contributed by atoms with van der Waals surface area (Å²) >= 11 is 0. The van der Waals surface area contributed by atoms with Crippen LogP contribution in [0.3, 0.4) is 0 Å². The highest BCUT2D eigenvalue weighted by Crippen LogP contribution is 2.48. The van der Waals surface area contributed by atoms with E-state index in [0.29, 0.717) is 24.2 Å². The molecule has 2 aliphatic rings. The van der Waals surface area contributed by atoms with Crippen molar-refractivity contribution in [2.24, 2.45) is 0 Å². The Morgan fingerprint density at radius 2 is 2.04 bits per heavy atom. The Balaban J connectivity index is 1.90. The zero-order valence-electron chi connectivity index (χ0n) is 14.7. The molecule has 2 heterocycles. The minimum atomic E-state index is -3.59. The molecule has 2 aromatic rings. The van der Waals surface area contributed by atoms with Crippen molar-refractivity contribution in [2.45, 2.75) is 43.3 Å². The minimum absolute atomic E-state index is 0.145. The smallest absolute Gasteiger partial charge is 0.248 e. The summed E-state index contributed by atoms with van der Waals surface area (Å²) in [5, 5.41) is 9.81. The van der Waals surface area contributed by atoms with Gasteiger partial charge >= 0.3 is 0 Å². The number of carbonyl (C=O) groups is 1. The van der Waals surface area contributed by atoms with Gasteiger partial charge in [-0.15, -0.1) is 0 Å². The van der Waals surface area contributed by atoms with Gasteiger partial charge in [0.1, 0.15) is 11.6 Å². The van der Waals surface area contributed by atoms with Gasteiger partial charge in [-0.1, -0.05) is 12.1 Å². The lowest BCUT2D eigenvalue weighted by Gasteiger charge is -2.26. The molecule has 1 atom stereocenters. The lowest BCUT2D eigenvalue weighted by atomic mass is 9.88. The van der Waals surface area contributed by atoms with Crippen molar-refractivity contribution in [3.05, 3.63) is 41.1 Å². The topological polar surface area (TPSA) is 100 Å². The largest absolute Gasteiger partial charge is 0.508 e. The molecule has 1 aromatic carbocycles. The van der Waals surface area contributed by atoms with Gasteiger partial charge in [0, 0.05) is 18.0 Å². The number of anilines is 1. The molecule has 1 N–H and O–H groups in total. The maximum Gasteiger partial charge on any atom is 0.248 e. The molecular weight excluding hydrogens is 354 g/mol. The fourth-order valence-electron chi connectivity index (χ4n) is 3.84. The number of amides is 1. The van der Waals surface area contributed by atoms with Crippen molar-refractivity contribution in [2.75, 3.05) is 11.2 Å². The van der Waals surface area contributed by atoms with Crippen LogP contribution in [0.2, 0.25) is 0 Å². The molecule has 0 saturated heterocycles. The van der Waals surface area contributed by atoms with E-state index in [4.69, 9.17) is 0 Å². The maximum absolute atomic E-state index is 13.2. The molecule has 1 aromatic heterocycles. The van der Waals surface area contributed by atoms with Crippen LogP contribution in [-0.2, 0) is 26.5 Å². The average Bonchev–Trinajstić information content (AvgIpc) is 3.06. The Bertz CT molecular complexity index is 1050. The molecule has 0 bridgehead atoms. The monoisotopic (exact) mass is 373 g/mol. The van der Waals surface area contributed by atoms with E-state index in [0.717, 1.165) is 17.4 Å². The SMILES string of the molecule is CC1(C)C(=O)N(C2CCc3c(O)cccc32)c2nc(S(C)(=O)=O)ncc21. The highest BCUT2D eigenvalue weighted by Gasteiger charge is 2.49. The van der Waals surface area contributed by atoms with Gasteiger partial charge in [0.25, 0.3) is 0 Å². The van der Waals surface area contributed by atoms with Crippen molar-refractivity contribution in [1.82, 2.24) is 9.97 Å². The number of carbonyl (C=O) groups excluding carboxylic acids is 1. The zero-order chi connectivity index (χ0) is 18.9. The van der Waals surface area contributed by atoms with Gasteiger partial charge in [-0.25, -0.2) is 18.4 Å². The standard InChI is InChI=1S/C18H19N3O4S/c1-18(2)12-9-19-17(26(3,24)25)20-15(12)21(16(18)23)13-8-7-11-10(13)5-4-6-14(11)22/h4-6,9,13,22H,7-8H2,1-3H3. The van der Waals surface area contributed by atoms with Crippen LogP contribution in [0.4, 0.5) is 5.82 Å². The summed E-state index contributed by atoms with van der Waals surface area (Å²) in [7, 11) is -3.59. The number of aromatic nitrogens is 2. The molecule has 0 radical (unpaired) electrons. The summed E-state index contributed by atoms with van der Waals surface area (Å²) in [5.41, 5.74) is 1.48. The lowest BCUT2D eigenvalue weighted by molar-refractivity contribution is -0.122. The van der Waals surface area contributed by atoms with Crippen molar-refractivity contribution < 1.29 is 18.3 Å². The normalized spacial score (nSPS) is 21.0. The lowest BCUT2D eigenvalue weighted by Crippen LogP contribution is -2.38. The molecule has 0 saturated carbocycles. The first-order valence-electron chi connectivity index (χ1n) is 8.34. The molecule has 0 fully saturated rings. The maximum atomic E-state index is 13.2. The first-order chi connectivity index (χ1) is 12.1. The Kier molecular flexibility index (Phi) is 3.43. The van der Waals surface area contributed by atoms with Gasteiger partial charge in [-0.05, 0) is 43.9 Å². The second-order valence-electron chi connectivity index (χ2n) is 7.36. The number of benzene rings is 1. The van der Waals surface area contributed by atoms with Gasteiger partial charge in [0.2, 0.25) is 20.9 Å². The fraction of sp³-hybridized carbons (Fsp3) is 0.389. The third-order valence-corrected chi connectivity index (χ3v) is 6.12. The van der Waals surface area contributed by atoms with E-state index in [2.05, 4.69) is 9.97 Å². The highest BCUT2D eigenvalue weighted by atomic mass is 32.2. The van der Waals surface area contributed by atoms with Crippen LogP contribution in [0.1, 0.15) is 43.0 Å². The summed E-state index contributed by atoms with van der Waals surface area (Å²) in [5.74, 6) is 0.418. The fourth-order valence-corrected chi connectivity index (χ4v) is 4.34. The average molecular weight is 373 g/mol. The first-order valence-corrected chi connectivity index (χ1v) is 10.2. The van der Waals surface area contributed by atoms with Crippen molar-refractivity contribution in [3.63, 3.8) is 0 Å².